The molecule has 0 amide bonds. The van der Waals surface area contributed by atoms with E-state index in [-0.39, 0.29) is 0 Å². The van der Waals surface area contributed by atoms with E-state index < -0.39 is 0 Å². The predicted octanol–water partition coefficient (Wildman–Crippen LogP) is 1.79. The molecule has 3 nitrogen and oxygen atoms in total. The van der Waals surface area contributed by atoms with Crippen molar-refractivity contribution in [1.29, 1.82) is 0 Å². The molecule has 3 heteroatoms. The molecule has 0 saturated carbocycles. The van der Waals surface area contributed by atoms with Gasteiger partial charge in [-0.05, 0) is 71.2 Å². The maximum absolute atomic E-state index is 3.48. The van der Waals surface area contributed by atoms with E-state index in [0.717, 1.165) is 12.0 Å². The maximum Gasteiger partial charge on any atom is 0.0223 e. The number of nitrogens with zero attached hydrogens (tertiary/aromatic N) is 2. The van der Waals surface area contributed by atoms with Crippen molar-refractivity contribution in [1.82, 2.24) is 15.1 Å². The van der Waals surface area contributed by atoms with Gasteiger partial charge in [-0.1, -0.05) is 6.92 Å². The zero-order valence-corrected chi connectivity index (χ0v) is 12.3. The van der Waals surface area contributed by atoms with Crippen molar-refractivity contribution < 1.29 is 0 Å². The van der Waals surface area contributed by atoms with Crippen LogP contribution in [0.25, 0.3) is 0 Å². The lowest BCUT2D eigenvalue weighted by Gasteiger charge is -2.40. The Kier molecular flexibility index (Phi) is 5.93. The minimum absolute atomic E-state index is 0.818. The average molecular weight is 253 g/mol. The first-order valence-corrected chi connectivity index (χ1v) is 7.93. The summed E-state index contributed by atoms with van der Waals surface area (Å²) in [4.78, 5) is 5.31. The fraction of sp³-hybridized carbons (Fsp3) is 1.00. The topological polar surface area (TPSA) is 18.5 Å². The average Bonchev–Trinajstić information content (AvgIpc) is 2.39. The normalized spacial score (nSPS) is 27.8. The molecular formula is C15H31N3. The first kappa shape index (κ1) is 14.3. The van der Waals surface area contributed by atoms with Crippen molar-refractivity contribution in [2.45, 2.75) is 45.1 Å². The molecule has 0 aromatic rings. The van der Waals surface area contributed by atoms with Gasteiger partial charge in [0.25, 0.3) is 0 Å². The molecule has 1 unspecified atom stereocenters. The summed E-state index contributed by atoms with van der Waals surface area (Å²) in [7, 11) is 2.28. The molecule has 2 aliphatic heterocycles. The van der Waals surface area contributed by atoms with Crippen LogP contribution in [0.2, 0.25) is 0 Å². The Morgan fingerprint density at radius 3 is 2.67 bits per heavy atom. The van der Waals surface area contributed by atoms with Crippen molar-refractivity contribution in [3.05, 3.63) is 0 Å². The minimum Gasteiger partial charge on any atom is -0.317 e. The summed E-state index contributed by atoms with van der Waals surface area (Å²) in [5.41, 5.74) is 0. The van der Waals surface area contributed by atoms with Crippen LogP contribution in [0.5, 0.6) is 0 Å². The van der Waals surface area contributed by atoms with Crippen molar-refractivity contribution in [2.24, 2.45) is 5.92 Å². The number of rotatable bonds is 5. The Morgan fingerprint density at radius 2 is 2.00 bits per heavy atom. The molecule has 0 aliphatic carbocycles. The third-order valence-corrected chi connectivity index (χ3v) is 4.58. The van der Waals surface area contributed by atoms with Gasteiger partial charge in [0.1, 0.15) is 0 Å². The number of likely N-dealkylation sites (tertiary alicyclic amines) is 1. The predicted molar refractivity (Wildman–Crippen MR) is 78.0 cm³/mol. The summed E-state index contributed by atoms with van der Waals surface area (Å²) < 4.78 is 0. The summed E-state index contributed by atoms with van der Waals surface area (Å²) >= 11 is 0. The molecule has 0 aromatic heterocycles. The maximum atomic E-state index is 3.48. The third kappa shape index (κ3) is 4.22. The molecule has 1 atom stereocenters. The Bertz CT molecular complexity index is 226. The van der Waals surface area contributed by atoms with Crippen molar-refractivity contribution in [3.8, 4) is 0 Å². The second-order valence-electron chi connectivity index (χ2n) is 6.25. The molecule has 2 heterocycles. The van der Waals surface area contributed by atoms with E-state index >= 15 is 0 Å². The second kappa shape index (κ2) is 7.46. The van der Waals surface area contributed by atoms with E-state index in [0.29, 0.717) is 0 Å². The van der Waals surface area contributed by atoms with Crippen LogP contribution in [-0.4, -0.2) is 62.2 Å². The Labute approximate surface area is 113 Å². The van der Waals surface area contributed by atoms with Gasteiger partial charge in [-0.2, -0.15) is 0 Å². The van der Waals surface area contributed by atoms with E-state index in [1.54, 1.807) is 0 Å². The summed E-state index contributed by atoms with van der Waals surface area (Å²) in [5, 5.41) is 3.48. The molecule has 2 aliphatic rings. The molecule has 2 saturated heterocycles. The van der Waals surface area contributed by atoms with Gasteiger partial charge in [-0.3, -0.25) is 4.90 Å². The lowest BCUT2D eigenvalue weighted by molar-refractivity contribution is 0.0906. The third-order valence-electron chi connectivity index (χ3n) is 4.58. The van der Waals surface area contributed by atoms with Crippen LogP contribution in [0.15, 0.2) is 0 Å². The second-order valence-corrected chi connectivity index (χ2v) is 6.25. The highest BCUT2D eigenvalue weighted by Crippen LogP contribution is 2.20. The van der Waals surface area contributed by atoms with Gasteiger partial charge >= 0.3 is 0 Å². The zero-order valence-electron chi connectivity index (χ0n) is 12.3. The number of likely N-dealkylation sites (N-methyl/N-ethyl adjacent to an activating group) is 1. The zero-order chi connectivity index (χ0) is 12.8. The van der Waals surface area contributed by atoms with Gasteiger partial charge in [0.2, 0.25) is 0 Å². The fourth-order valence-corrected chi connectivity index (χ4v) is 3.54. The molecule has 106 valence electrons. The lowest BCUT2D eigenvalue weighted by atomic mass is 9.95. The van der Waals surface area contributed by atoms with Crippen LogP contribution >= 0.6 is 0 Å². The molecule has 2 fully saturated rings. The van der Waals surface area contributed by atoms with Gasteiger partial charge < -0.3 is 10.2 Å². The number of nitrogens with one attached hydrogen (secondary N) is 1. The SMILES string of the molecule is CCCN(CC1CCNCC1)C1CCCN(C)C1. The Balaban J connectivity index is 1.85. The van der Waals surface area contributed by atoms with E-state index in [1.165, 1.54) is 71.4 Å². The van der Waals surface area contributed by atoms with E-state index in [1.807, 2.05) is 0 Å². The number of hydrogen-bond donors (Lipinski definition) is 1. The standard InChI is InChI=1S/C15H31N3/c1-3-10-18(12-14-6-8-16-9-7-14)15-5-4-11-17(2)13-15/h14-16H,3-13H2,1-2H3. The Hall–Kier alpha value is -0.120. The fourth-order valence-electron chi connectivity index (χ4n) is 3.54. The van der Waals surface area contributed by atoms with E-state index in [2.05, 4.69) is 29.1 Å². The van der Waals surface area contributed by atoms with E-state index in [4.69, 9.17) is 0 Å². The van der Waals surface area contributed by atoms with Gasteiger partial charge in [-0.25, -0.2) is 0 Å². The molecule has 0 bridgehead atoms. The highest BCUT2D eigenvalue weighted by atomic mass is 15.2. The van der Waals surface area contributed by atoms with Crippen LogP contribution in [0.1, 0.15) is 39.0 Å². The van der Waals surface area contributed by atoms with Gasteiger partial charge in [-0.15, -0.1) is 0 Å². The molecular weight excluding hydrogens is 222 g/mol. The molecule has 0 radical (unpaired) electrons. The smallest absolute Gasteiger partial charge is 0.0223 e. The number of piperidine rings is 2. The largest absolute Gasteiger partial charge is 0.317 e. The first-order chi connectivity index (χ1) is 8.79. The summed E-state index contributed by atoms with van der Waals surface area (Å²) in [6.07, 6.45) is 6.85. The van der Waals surface area contributed by atoms with Crippen LogP contribution in [-0.2, 0) is 0 Å². The first-order valence-electron chi connectivity index (χ1n) is 7.93. The number of hydrogen-bond acceptors (Lipinski definition) is 3. The molecule has 0 aromatic carbocycles. The van der Waals surface area contributed by atoms with Crippen LogP contribution < -0.4 is 5.32 Å². The highest BCUT2D eigenvalue weighted by Gasteiger charge is 2.25. The highest BCUT2D eigenvalue weighted by molar-refractivity contribution is 4.82. The van der Waals surface area contributed by atoms with Crippen molar-refractivity contribution in [2.75, 3.05) is 46.3 Å². The van der Waals surface area contributed by atoms with Gasteiger partial charge in [0, 0.05) is 19.1 Å². The summed E-state index contributed by atoms with van der Waals surface area (Å²) in [6, 6.07) is 0.818. The monoisotopic (exact) mass is 253 g/mol. The minimum atomic E-state index is 0.818. The van der Waals surface area contributed by atoms with Crippen molar-refractivity contribution >= 4 is 0 Å². The molecule has 18 heavy (non-hydrogen) atoms. The Morgan fingerprint density at radius 1 is 1.22 bits per heavy atom. The van der Waals surface area contributed by atoms with Gasteiger partial charge in [0.05, 0.1) is 0 Å². The van der Waals surface area contributed by atoms with Crippen LogP contribution in [0.4, 0.5) is 0 Å². The molecule has 2 rings (SSSR count). The van der Waals surface area contributed by atoms with Crippen LogP contribution in [0, 0.1) is 5.92 Å². The summed E-state index contributed by atoms with van der Waals surface area (Å²) in [5.74, 6) is 0.935. The van der Waals surface area contributed by atoms with Gasteiger partial charge in [0.15, 0.2) is 0 Å². The molecule has 1 N–H and O–H groups in total. The van der Waals surface area contributed by atoms with E-state index in [9.17, 15) is 0 Å². The quantitative estimate of drug-likeness (QED) is 0.806. The van der Waals surface area contributed by atoms with Crippen molar-refractivity contribution in [3.63, 3.8) is 0 Å². The van der Waals surface area contributed by atoms with Crippen LogP contribution in [0.3, 0.4) is 0 Å². The lowest BCUT2D eigenvalue weighted by Crippen LogP contribution is -2.49. The summed E-state index contributed by atoms with van der Waals surface area (Å²) in [6.45, 7) is 10.00. The molecule has 0 spiro atoms.